The van der Waals surface area contributed by atoms with Crippen molar-refractivity contribution in [3.05, 3.63) is 0 Å². The van der Waals surface area contributed by atoms with E-state index in [0.29, 0.717) is 12.1 Å². The van der Waals surface area contributed by atoms with Gasteiger partial charge < -0.3 is 15.6 Å². The molecule has 1 fully saturated rings. The molecule has 1 aliphatic rings. The average Bonchev–Trinajstić information content (AvgIpc) is 2.21. The quantitative estimate of drug-likeness (QED) is 0.792. The van der Waals surface area contributed by atoms with Crippen LogP contribution in [0.4, 0.5) is 13.2 Å². The van der Waals surface area contributed by atoms with Gasteiger partial charge in [0, 0.05) is 12.6 Å². The molecule has 7 heteroatoms. The van der Waals surface area contributed by atoms with Crippen LogP contribution in [0.15, 0.2) is 0 Å². The Bertz CT molecular complexity index is 225. The zero-order valence-corrected chi connectivity index (χ0v) is 9.67. The number of hydrogen-bond donors (Lipinski definition) is 2. The lowest BCUT2D eigenvalue weighted by Crippen LogP contribution is -2.30. The number of carboxylic acid groups (broad SMARTS) is 1. The van der Waals surface area contributed by atoms with Gasteiger partial charge in [-0.25, -0.2) is 4.79 Å². The first-order chi connectivity index (χ1) is 7.77. The normalized spacial score (nSPS) is 24.8. The first-order valence-electron chi connectivity index (χ1n) is 5.44. The van der Waals surface area contributed by atoms with Gasteiger partial charge in [0.25, 0.3) is 0 Å². The molecule has 0 aromatic rings. The van der Waals surface area contributed by atoms with Gasteiger partial charge in [-0.1, -0.05) is 0 Å². The number of aliphatic carboxylic acids is 1. The van der Waals surface area contributed by atoms with Crippen LogP contribution in [0, 0.1) is 0 Å². The van der Waals surface area contributed by atoms with E-state index in [1.807, 2.05) is 0 Å². The molecule has 0 aromatic heterocycles. The van der Waals surface area contributed by atoms with Crippen LogP contribution in [0.5, 0.6) is 0 Å². The molecule has 0 aromatic carbocycles. The van der Waals surface area contributed by atoms with E-state index in [-0.39, 0.29) is 0 Å². The van der Waals surface area contributed by atoms with E-state index < -0.39 is 12.1 Å². The summed E-state index contributed by atoms with van der Waals surface area (Å²) in [5.74, 6) is -2.76. The van der Waals surface area contributed by atoms with Crippen molar-refractivity contribution in [1.29, 1.82) is 0 Å². The van der Waals surface area contributed by atoms with Crippen LogP contribution in [-0.4, -0.2) is 36.0 Å². The number of ether oxygens (including phenoxy) is 1. The SMILES string of the molecule is CCOC1CCC(N)CC1.O=C(O)C(F)(F)F. The summed E-state index contributed by atoms with van der Waals surface area (Å²) in [4.78, 5) is 8.90. The van der Waals surface area contributed by atoms with Crippen molar-refractivity contribution in [3.8, 4) is 0 Å². The summed E-state index contributed by atoms with van der Waals surface area (Å²) in [5, 5.41) is 7.12. The molecule has 0 radical (unpaired) electrons. The van der Waals surface area contributed by atoms with E-state index in [1.165, 1.54) is 0 Å². The molecule has 102 valence electrons. The Labute approximate surface area is 97.9 Å². The minimum Gasteiger partial charge on any atom is -0.475 e. The Hall–Kier alpha value is -0.820. The lowest BCUT2D eigenvalue weighted by Gasteiger charge is -2.25. The molecule has 0 bridgehead atoms. The standard InChI is InChI=1S/C8H17NO.C2HF3O2/c1-2-10-8-5-3-7(9)4-6-8;3-2(4,5)1(6)7/h7-8H,2-6,9H2,1H3;(H,6,7). The zero-order valence-electron chi connectivity index (χ0n) is 9.67. The van der Waals surface area contributed by atoms with Crippen LogP contribution in [0.1, 0.15) is 32.6 Å². The van der Waals surface area contributed by atoms with Gasteiger partial charge in [-0.2, -0.15) is 13.2 Å². The summed E-state index contributed by atoms with van der Waals surface area (Å²) >= 11 is 0. The first kappa shape index (κ1) is 16.2. The molecule has 17 heavy (non-hydrogen) atoms. The predicted molar refractivity (Wildman–Crippen MR) is 55.5 cm³/mol. The Balaban J connectivity index is 0.000000325. The summed E-state index contributed by atoms with van der Waals surface area (Å²) in [6.07, 6.45) is 0.0316. The highest BCUT2D eigenvalue weighted by Gasteiger charge is 2.38. The number of alkyl halides is 3. The summed E-state index contributed by atoms with van der Waals surface area (Å²) in [6, 6.07) is 0.441. The van der Waals surface area contributed by atoms with Gasteiger partial charge in [-0.3, -0.25) is 0 Å². The minimum atomic E-state index is -5.08. The van der Waals surface area contributed by atoms with Gasteiger partial charge >= 0.3 is 12.1 Å². The van der Waals surface area contributed by atoms with Gasteiger partial charge in [0.15, 0.2) is 0 Å². The molecule has 0 spiro atoms. The maximum atomic E-state index is 10.6. The second-order valence-electron chi connectivity index (χ2n) is 3.80. The monoisotopic (exact) mass is 257 g/mol. The smallest absolute Gasteiger partial charge is 0.475 e. The third-order valence-electron chi connectivity index (χ3n) is 2.36. The molecule has 3 N–H and O–H groups in total. The molecular weight excluding hydrogens is 239 g/mol. The fourth-order valence-electron chi connectivity index (χ4n) is 1.49. The summed E-state index contributed by atoms with van der Waals surface area (Å²) < 4.78 is 37.2. The van der Waals surface area contributed by atoms with E-state index in [9.17, 15) is 13.2 Å². The summed E-state index contributed by atoms with van der Waals surface area (Å²) in [7, 11) is 0. The molecular formula is C10H18F3NO3. The Morgan fingerprint density at radius 1 is 1.35 bits per heavy atom. The first-order valence-corrected chi connectivity index (χ1v) is 5.44. The van der Waals surface area contributed by atoms with E-state index in [1.54, 1.807) is 0 Å². The number of carbonyl (C=O) groups is 1. The fourth-order valence-corrected chi connectivity index (χ4v) is 1.49. The van der Waals surface area contributed by atoms with Crippen molar-refractivity contribution in [1.82, 2.24) is 0 Å². The van der Waals surface area contributed by atoms with Crippen molar-refractivity contribution in [2.75, 3.05) is 6.61 Å². The molecule has 0 atom stereocenters. The molecule has 0 aliphatic heterocycles. The molecule has 0 amide bonds. The van der Waals surface area contributed by atoms with Crippen molar-refractivity contribution >= 4 is 5.97 Å². The molecule has 0 unspecified atom stereocenters. The van der Waals surface area contributed by atoms with Gasteiger partial charge in [0.05, 0.1) is 6.10 Å². The van der Waals surface area contributed by atoms with E-state index in [2.05, 4.69) is 6.92 Å². The summed E-state index contributed by atoms with van der Waals surface area (Å²) in [5.41, 5.74) is 5.74. The predicted octanol–water partition coefficient (Wildman–Crippen LogP) is 1.93. The number of nitrogens with two attached hydrogens (primary N) is 1. The second-order valence-corrected chi connectivity index (χ2v) is 3.80. The zero-order chi connectivity index (χ0) is 13.5. The minimum absolute atomic E-state index is 0.441. The topological polar surface area (TPSA) is 72.5 Å². The molecule has 4 nitrogen and oxygen atoms in total. The highest BCUT2D eigenvalue weighted by atomic mass is 19.4. The molecule has 0 saturated heterocycles. The van der Waals surface area contributed by atoms with Crippen LogP contribution in [0.25, 0.3) is 0 Å². The molecule has 1 saturated carbocycles. The molecule has 0 heterocycles. The van der Waals surface area contributed by atoms with E-state index in [0.717, 1.165) is 32.3 Å². The maximum Gasteiger partial charge on any atom is 0.490 e. The lowest BCUT2D eigenvalue weighted by atomic mass is 9.94. The summed E-state index contributed by atoms with van der Waals surface area (Å²) in [6.45, 7) is 2.90. The van der Waals surface area contributed by atoms with Crippen LogP contribution in [0.3, 0.4) is 0 Å². The highest BCUT2D eigenvalue weighted by Crippen LogP contribution is 2.19. The van der Waals surface area contributed by atoms with E-state index in [4.69, 9.17) is 20.4 Å². The van der Waals surface area contributed by atoms with Crippen LogP contribution >= 0.6 is 0 Å². The average molecular weight is 257 g/mol. The number of rotatable bonds is 2. The van der Waals surface area contributed by atoms with Crippen molar-refractivity contribution in [2.24, 2.45) is 5.73 Å². The largest absolute Gasteiger partial charge is 0.490 e. The highest BCUT2D eigenvalue weighted by molar-refractivity contribution is 5.73. The maximum absolute atomic E-state index is 10.6. The molecule has 1 aliphatic carbocycles. The number of carboxylic acids is 1. The van der Waals surface area contributed by atoms with Crippen LogP contribution in [0.2, 0.25) is 0 Å². The lowest BCUT2D eigenvalue weighted by molar-refractivity contribution is -0.192. The Morgan fingerprint density at radius 3 is 2.06 bits per heavy atom. The number of halogens is 3. The Kier molecular flexibility index (Phi) is 7.13. The van der Waals surface area contributed by atoms with E-state index >= 15 is 0 Å². The van der Waals surface area contributed by atoms with Gasteiger partial charge in [0.1, 0.15) is 0 Å². The number of hydrogen-bond acceptors (Lipinski definition) is 3. The van der Waals surface area contributed by atoms with Crippen LogP contribution < -0.4 is 5.73 Å². The molecule has 1 rings (SSSR count). The Morgan fingerprint density at radius 2 is 1.76 bits per heavy atom. The van der Waals surface area contributed by atoms with Gasteiger partial charge in [-0.05, 0) is 32.6 Å². The third-order valence-corrected chi connectivity index (χ3v) is 2.36. The van der Waals surface area contributed by atoms with Crippen LogP contribution in [-0.2, 0) is 9.53 Å². The fraction of sp³-hybridized carbons (Fsp3) is 0.900. The third kappa shape index (κ3) is 7.98. The van der Waals surface area contributed by atoms with Gasteiger partial charge in [0.2, 0.25) is 0 Å². The van der Waals surface area contributed by atoms with Gasteiger partial charge in [-0.15, -0.1) is 0 Å². The second kappa shape index (κ2) is 7.50. The van der Waals surface area contributed by atoms with Crippen molar-refractivity contribution < 1.29 is 27.8 Å². The van der Waals surface area contributed by atoms with Crippen molar-refractivity contribution in [2.45, 2.75) is 50.9 Å². The van der Waals surface area contributed by atoms with Crippen molar-refractivity contribution in [3.63, 3.8) is 0 Å².